The molecule has 4 nitrogen and oxygen atoms in total. The van der Waals surface area contributed by atoms with Crippen molar-refractivity contribution in [2.45, 2.75) is 78.0 Å². The Morgan fingerprint density at radius 1 is 1.33 bits per heavy atom. The van der Waals surface area contributed by atoms with E-state index in [2.05, 4.69) is 26.1 Å². The second-order valence-corrected chi connectivity index (χ2v) is 6.89. The van der Waals surface area contributed by atoms with Crippen molar-refractivity contribution < 1.29 is 14.3 Å². The van der Waals surface area contributed by atoms with E-state index in [9.17, 15) is 4.79 Å². The number of methoxy groups -OCH3 is 1. The molecule has 124 valence electrons. The minimum Gasteiger partial charge on any atom is -0.468 e. The molecule has 0 aromatic heterocycles. The predicted octanol–water partition coefficient (Wildman–Crippen LogP) is 3.15. The number of hydrogen-bond donors (Lipinski definition) is 1. The average molecular weight is 299 g/mol. The second kappa shape index (κ2) is 8.14. The summed E-state index contributed by atoms with van der Waals surface area (Å²) in [6.07, 6.45) is 4.50. The smallest absolute Gasteiger partial charge is 0.325 e. The standard InChI is InChI=1S/C17H33NO3/c1-7-18-17(5,16(19)20-6)11-14(4)21-15-9-8-12(2)13(3)10-15/h12-15,18H,7-11H2,1-6H3. The summed E-state index contributed by atoms with van der Waals surface area (Å²) in [5.41, 5.74) is -0.670. The van der Waals surface area contributed by atoms with Crippen LogP contribution in [0.2, 0.25) is 0 Å². The summed E-state index contributed by atoms with van der Waals surface area (Å²) in [5.74, 6) is 1.30. The molecule has 0 spiro atoms. The van der Waals surface area contributed by atoms with Gasteiger partial charge in [-0.15, -0.1) is 0 Å². The quantitative estimate of drug-likeness (QED) is 0.734. The molecule has 21 heavy (non-hydrogen) atoms. The fourth-order valence-electron chi connectivity index (χ4n) is 3.42. The van der Waals surface area contributed by atoms with Gasteiger partial charge in [0.2, 0.25) is 0 Å². The van der Waals surface area contributed by atoms with Crippen LogP contribution in [0.5, 0.6) is 0 Å². The molecule has 1 N–H and O–H groups in total. The lowest BCUT2D eigenvalue weighted by Gasteiger charge is -2.36. The second-order valence-electron chi connectivity index (χ2n) is 6.89. The highest BCUT2D eigenvalue weighted by molar-refractivity contribution is 5.80. The van der Waals surface area contributed by atoms with Gasteiger partial charge in [-0.2, -0.15) is 0 Å². The summed E-state index contributed by atoms with van der Waals surface area (Å²) in [4.78, 5) is 12.0. The van der Waals surface area contributed by atoms with Crippen LogP contribution in [0.3, 0.4) is 0 Å². The molecule has 4 heteroatoms. The minimum absolute atomic E-state index is 0.0405. The molecular weight excluding hydrogens is 266 g/mol. The maximum atomic E-state index is 12.0. The molecule has 0 heterocycles. The molecule has 0 radical (unpaired) electrons. The van der Waals surface area contributed by atoms with E-state index >= 15 is 0 Å². The SMILES string of the molecule is CCNC(C)(CC(C)OC1CCC(C)C(C)C1)C(=O)OC. The van der Waals surface area contributed by atoms with E-state index in [1.54, 1.807) is 0 Å². The van der Waals surface area contributed by atoms with Crippen LogP contribution in [0.1, 0.15) is 60.3 Å². The van der Waals surface area contributed by atoms with Crippen molar-refractivity contribution in [1.82, 2.24) is 5.32 Å². The topological polar surface area (TPSA) is 47.6 Å². The molecule has 1 rings (SSSR count). The van der Waals surface area contributed by atoms with E-state index in [-0.39, 0.29) is 12.1 Å². The van der Waals surface area contributed by atoms with Crippen molar-refractivity contribution in [2.24, 2.45) is 11.8 Å². The zero-order valence-corrected chi connectivity index (χ0v) is 14.6. The van der Waals surface area contributed by atoms with Crippen LogP contribution in [0.25, 0.3) is 0 Å². The van der Waals surface area contributed by atoms with Gasteiger partial charge in [0.05, 0.1) is 19.3 Å². The lowest BCUT2D eigenvalue weighted by molar-refractivity contribution is -0.150. The summed E-state index contributed by atoms with van der Waals surface area (Å²) in [6, 6.07) is 0. The third-order valence-corrected chi connectivity index (χ3v) is 4.87. The molecule has 0 amide bonds. The van der Waals surface area contributed by atoms with Crippen LogP contribution in [0.4, 0.5) is 0 Å². The zero-order valence-electron chi connectivity index (χ0n) is 14.6. The van der Waals surface area contributed by atoms with Gasteiger partial charge in [0.25, 0.3) is 0 Å². The normalized spacial score (nSPS) is 30.5. The first-order valence-corrected chi connectivity index (χ1v) is 8.31. The number of likely N-dealkylation sites (N-methyl/N-ethyl adjacent to an activating group) is 1. The number of nitrogens with one attached hydrogen (secondary N) is 1. The predicted molar refractivity (Wildman–Crippen MR) is 85.2 cm³/mol. The van der Waals surface area contributed by atoms with Crippen molar-refractivity contribution in [3.63, 3.8) is 0 Å². The number of ether oxygens (including phenoxy) is 2. The third-order valence-electron chi connectivity index (χ3n) is 4.87. The lowest BCUT2D eigenvalue weighted by Crippen LogP contribution is -2.52. The molecule has 1 aliphatic rings. The highest BCUT2D eigenvalue weighted by Gasteiger charge is 2.36. The highest BCUT2D eigenvalue weighted by atomic mass is 16.5. The first-order chi connectivity index (χ1) is 9.82. The van der Waals surface area contributed by atoms with Gasteiger partial charge in [-0.1, -0.05) is 20.8 Å². The summed E-state index contributed by atoms with van der Waals surface area (Å²) < 4.78 is 11.1. The Balaban J connectivity index is 2.54. The maximum Gasteiger partial charge on any atom is 0.325 e. The largest absolute Gasteiger partial charge is 0.468 e. The van der Waals surface area contributed by atoms with E-state index in [0.717, 1.165) is 31.2 Å². The summed E-state index contributed by atoms with van der Waals surface area (Å²) in [5, 5.41) is 3.24. The van der Waals surface area contributed by atoms with E-state index in [0.29, 0.717) is 12.5 Å². The van der Waals surface area contributed by atoms with Crippen LogP contribution in [-0.4, -0.2) is 37.4 Å². The number of hydrogen-bond acceptors (Lipinski definition) is 4. The van der Waals surface area contributed by atoms with Crippen LogP contribution >= 0.6 is 0 Å². The summed E-state index contributed by atoms with van der Waals surface area (Å²) in [6.45, 7) is 11.3. The molecule has 0 saturated heterocycles. The molecule has 0 aromatic rings. The van der Waals surface area contributed by atoms with Crippen LogP contribution in [0, 0.1) is 11.8 Å². The van der Waals surface area contributed by atoms with E-state index < -0.39 is 5.54 Å². The molecule has 1 fully saturated rings. The van der Waals surface area contributed by atoms with Gasteiger partial charge < -0.3 is 14.8 Å². The lowest BCUT2D eigenvalue weighted by atomic mass is 9.80. The van der Waals surface area contributed by atoms with Gasteiger partial charge in [-0.05, 0) is 51.5 Å². The van der Waals surface area contributed by atoms with Crippen molar-refractivity contribution in [3.05, 3.63) is 0 Å². The zero-order chi connectivity index (χ0) is 16.0. The van der Waals surface area contributed by atoms with Crippen LogP contribution < -0.4 is 5.32 Å². The highest BCUT2D eigenvalue weighted by Crippen LogP contribution is 2.32. The maximum absolute atomic E-state index is 12.0. The Morgan fingerprint density at radius 2 is 2.00 bits per heavy atom. The molecular formula is C17H33NO3. The Bertz CT molecular complexity index is 334. The molecule has 0 aliphatic heterocycles. The minimum atomic E-state index is -0.670. The van der Waals surface area contributed by atoms with Crippen LogP contribution in [0.15, 0.2) is 0 Å². The molecule has 1 aliphatic carbocycles. The molecule has 5 atom stereocenters. The monoisotopic (exact) mass is 299 g/mol. The van der Waals surface area contributed by atoms with Gasteiger partial charge in [0.1, 0.15) is 5.54 Å². The van der Waals surface area contributed by atoms with Gasteiger partial charge in [0, 0.05) is 6.42 Å². The molecule has 5 unspecified atom stereocenters. The molecule has 0 bridgehead atoms. The number of carbonyl (C=O) groups excluding carboxylic acids is 1. The fourth-order valence-corrected chi connectivity index (χ4v) is 3.42. The third kappa shape index (κ3) is 5.26. The van der Waals surface area contributed by atoms with Crippen molar-refractivity contribution in [2.75, 3.05) is 13.7 Å². The summed E-state index contributed by atoms with van der Waals surface area (Å²) in [7, 11) is 1.44. The number of esters is 1. The van der Waals surface area contributed by atoms with Crippen LogP contribution in [-0.2, 0) is 14.3 Å². The first kappa shape index (κ1) is 18.4. The Kier molecular flexibility index (Phi) is 7.14. The Hall–Kier alpha value is -0.610. The van der Waals surface area contributed by atoms with Gasteiger partial charge in [0.15, 0.2) is 0 Å². The van der Waals surface area contributed by atoms with Gasteiger partial charge in [-0.3, -0.25) is 4.79 Å². The molecule has 1 saturated carbocycles. The Labute approximate surface area is 130 Å². The van der Waals surface area contributed by atoms with Gasteiger partial charge >= 0.3 is 5.97 Å². The van der Waals surface area contributed by atoms with Crippen molar-refractivity contribution in [1.29, 1.82) is 0 Å². The van der Waals surface area contributed by atoms with Crippen molar-refractivity contribution >= 4 is 5.97 Å². The van der Waals surface area contributed by atoms with E-state index in [1.165, 1.54) is 13.5 Å². The molecule has 0 aromatic carbocycles. The van der Waals surface area contributed by atoms with E-state index in [4.69, 9.17) is 9.47 Å². The number of carbonyl (C=O) groups is 1. The summed E-state index contributed by atoms with van der Waals surface area (Å²) >= 11 is 0. The number of rotatable bonds is 7. The van der Waals surface area contributed by atoms with Gasteiger partial charge in [-0.25, -0.2) is 0 Å². The van der Waals surface area contributed by atoms with Crippen molar-refractivity contribution in [3.8, 4) is 0 Å². The van der Waals surface area contributed by atoms with E-state index in [1.807, 2.05) is 13.8 Å². The first-order valence-electron chi connectivity index (χ1n) is 8.31. The Morgan fingerprint density at radius 3 is 2.52 bits per heavy atom. The fraction of sp³-hybridized carbons (Fsp3) is 0.941. The average Bonchev–Trinajstić information content (AvgIpc) is 2.42.